The van der Waals surface area contributed by atoms with Gasteiger partial charge in [0.2, 0.25) is 5.91 Å². The first-order valence-electron chi connectivity index (χ1n) is 5.39. The largest absolute Gasteiger partial charge is 0.356 e. The van der Waals surface area contributed by atoms with E-state index in [1.807, 2.05) is 12.1 Å². The number of hydrogen-bond donors (Lipinski definition) is 1. The van der Waals surface area contributed by atoms with Gasteiger partial charge in [-0.25, -0.2) is 0 Å². The Morgan fingerprint density at radius 2 is 2.19 bits per heavy atom. The van der Waals surface area contributed by atoms with Gasteiger partial charge in [-0.1, -0.05) is 35.3 Å². The van der Waals surface area contributed by atoms with E-state index in [1.165, 1.54) is 0 Å². The number of carbonyl (C=O) groups is 1. The molecule has 2 nitrogen and oxygen atoms in total. The summed E-state index contributed by atoms with van der Waals surface area (Å²) in [6.45, 7) is 0.790. The summed E-state index contributed by atoms with van der Waals surface area (Å²) in [5, 5.41) is 3.99. The fraction of sp³-hybridized carbons (Fsp3) is 0.417. The van der Waals surface area contributed by atoms with Crippen molar-refractivity contribution in [3.05, 3.63) is 33.8 Å². The third-order valence-electron chi connectivity index (χ3n) is 2.90. The van der Waals surface area contributed by atoms with Gasteiger partial charge in [0.05, 0.1) is 10.0 Å². The standard InChI is InChI=1S/C12H13Cl2NO/c13-10-5-1-3-8(11(10)14)7-9-4-2-6-15-12(9)16/h1,3,5,9H,2,4,6-7H2,(H,15,16). The highest BCUT2D eigenvalue weighted by Gasteiger charge is 2.23. The van der Waals surface area contributed by atoms with Gasteiger partial charge in [0.1, 0.15) is 0 Å². The summed E-state index contributed by atoms with van der Waals surface area (Å²) in [6.07, 6.45) is 2.63. The van der Waals surface area contributed by atoms with Gasteiger partial charge >= 0.3 is 0 Å². The van der Waals surface area contributed by atoms with Gasteiger partial charge < -0.3 is 5.32 Å². The molecular formula is C12H13Cl2NO. The quantitative estimate of drug-likeness (QED) is 0.867. The van der Waals surface area contributed by atoms with Crippen molar-refractivity contribution < 1.29 is 4.79 Å². The Morgan fingerprint density at radius 1 is 1.38 bits per heavy atom. The number of nitrogens with one attached hydrogen (secondary N) is 1. The number of hydrogen-bond acceptors (Lipinski definition) is 1. The van der Waals surface area contributed by atoms with Gasteiger partial charge in [-0.15, -0.1) is 0 Å². The van der Waals surface area contributed by atoms with Gasteiger partial charge in [0, 0.05) is 12.5 Å². The van der Waals surface area contributed by atoms with E-state index in [2.05, 4.69) is 5.32 Å². The average Bonchev–Trinajstić information content (AvgIpc) is 2.28. The minimum absolute atomic E-state index is 0.0321. The highest BCUT2D eigenvalue weighted by molar-refractivity contribution is 6.42. The third kappa shape index (κ3) is 2.50. The Balaban J connectivity index is 2.14. The Bertz CT molecular complexity index is 406. The van der Waals surface area contributed by atoms with E-state index in [9.17, 15) is 4.79 Å². The molecule has 1 aliphatic heterocycles. The van der Waals surface area contributed by atoms with E-state index < -0.39 is 0 Å². The molecule has 0 aromatic heterocycles. The maximum Gasteiger partial charge on any atom is 0.223 e. The predicted octanol–water partition coefficient (Wildman–Crippen LogP) is 3.06. The zero-order valence-electron chi connectivity index (χ0n) is 8.80. The molecule has 4 heteroatoms. The molecule has 1 fully saturated rings. The topological polar surface area (TPSA) is 29.1 Å². The molecule has 0 spiro atoms. The number of halogens is 2. The molecule has 1 saturated heterocycles. The van der Waals surface area contributed by atoms with Crippen molar-refractivity contribution in [2.75, 3.05) is 6.54 Å². The summed E-state index contributed by atoms with van der Waals surface area (Å²) in [5.41, 5.74) is 0.955. The maximum absolute atomic E-state index is 11.6. The smallest absolute Gasteiger partial charge is 0.223 e. The first-order chi connectivity index (χ1) is 7.68. The van der Waals surface area contributed by atoms with Crippen LogP contribution in [0.1, 0.15) is 18.4 Å². The van der Waals surface area contributed by atoms with Crippen molar-refractivity contribution in [1.82, 2.24) is 5.32 Å². The van der Waals surface area contributed by atoms with Gasteiger partial charge in [0.15, 0.2) is 0 Å². The van der Waals surface area contributed by atoms with E-state index in [1.54, 1.807) is 6.07 Å². The number of benzene rings is 1. The lowest BCUT2D eigenvalue weighted by Gasteiger charge is -2.22. The Labute approximate surface area is 105 Å². The second-order valence-electron chi connectivity index (χ2n) is 4.05. The van der Waals surface area contributed by atoms with Gasteiger partial charge in [-0.05, 0) is 30.9 Å². The molecule has 1 aromatic rings. The average molecular weight is 258 g/mol. The highest BCUT2D eigenvalue weighted by Crippen LogP contribution is 2.28. The molecule has 0 saturated carbocycles. The van der Waals surface area contributed by atoms with Crippen LogP contribution < -0.4 is 5.32 Å². The van der Waals surface area contributed by atoms with Crippen LogP contribution in [0.5, 0.6) is 0 Å². The zero-order chi connectivity index (χ0) is 11.5. The third-order valence-corrected chi connectivity index (χ3v) is 3.76. The Kier molecular flexibility index (Phi) is 3.72. The molecule has 1 aliphatic rings. The predicted molar refractivity (Wildman–Crippen MR) is 65.9 cm³/mol. The van der Waals surface area contributed by atoms with Crippen LogP contribution in [0.3, 0.4) is 0 Å². The molecule has 86 valence electrons. The lowest BCUT2D eigenvalue weighted by atomic mass is 9.91. The molecular weight excluding hydrogens is 245 g/mol. The van der Waals surface area contributed by atoms with Crippen molar-refractivity contribution in [3.63, 3.8) is 0 Å². The van der Waals surface area contributed by atoms with Crippen LogP contribution in [0.2, 0.25) is 10.0 Å². The van der Waals surface area contributed by atoms with E-state index >= 15 is 0 Å². The van der Waals surface area contributed by atoms with E-state index in [4.69, 9.17) is 23.2 Å². The summed E-state index contributed by atoms with van der Waals surface area (Å²) in [4.78, 5) is 11.6. The van der Waals surface area contributed by atoms with Crippen molar-refractivity contribution in [2.24, 2.45) is 5.92 Å². The van der Waals surface area contributed by atoms with Gasteiger partial charge in [0.25, 0.3) is 0 Å². The summed E-state index contributed by atoms with van der Waals surface area (Å²) in [7, 11) is 0. The van der Waals surface area contributed by atoms with E-state index in [-0.39, 0.29) is 11.8 Å². The van der Waals surface area contributed by atoms with Crippen LogP contribution in [-0.4, -0.2) is 12.5 Å². The number of rotatable bonds is 2. The van der Waals surface area contributed by atoms with Crippen LogP contribution in [-0.2, 0) is 11.2 Å². The van der Waals surface area contributed by atoms with Crippen molar-refractivity contribution in [3.8, 4) is 0 Å². The zero-order valence-corrected chi connectivity index (χ0v) is 10.3. The second kappa shape index (κ2) is 5.07. The molecule has 1 unspecified atom stereocenters. The minimum atomic E-state index is 0.0321. The van der Waals surface area contributed by atoms with Crippen LogP contribution >= 0.6 is 23.2 Å². The summed E-state index contributed by atoms with van der Waals surface area (Å²) in [6, 6.07) is 5.55. The van der Waals surface area contributed by atoms with Gasteiger partial charge in [-0.3, -0.25) is 4.79 Å². The van der Waals surface area contributed by atoms with Crippen molar-refractivity contribution in [1.29, 1.82) is 0 Å². The molecule has 1 amide bonds. The van der Waals surface area contributed by atoms with Gasteiger partial charge in [-0.2, -0.15) is 0 Å². The van der Waals surface area contributed by atoms with Crippen LogP contribution in [0.15, 0.2) is 18.2 Å². The van der Waals surface area contributed by atoms with Crippen LogP contribution in [0.25, 0.3) is 0 Å². The van der Waals surface area contributed by atoms with Crippen LogP contribution in [0, 0.1) is 5.92 Å². The highest BCUT2D eigenvalue weighted by atomic mass is 35.5. The lowest BCUT2D eigenvalue weighted by molar-refractivity contribution is -0.126. The molecule has 1 atom stereocenters. The molecule has 1 N–H and O–H groups in total. The monoisotopic (exact) mass is 257 g/mol. The first-order valence-corrected chi connectivity index (χ1v) is 6.14. The summed E-state index contributed by atoms with van der Waals surface area (Å²) < 4.78 is 0. The summed E-state index contributed by atoms with van der Waals surface area (Å²) >= 11 is 12.0. The summed E-state index contributed by atoms with van der Waals surface area (Å²) in [5.74, 6) is 0.159. The number of carbonyl (C=O) groups excluding carboxylic acids is 1. The molecule has 1 heterocycles. The normalized spacial score (nSPS) is 20.6. The first kappa shape index (κ1) is 11.7. The molecule has 16 heavy (non-hydrogen) atoms. The van der Waals surface area contributed by atoms with Crippen LogP contribution in [0.4, 0.5) is 0 Å². The lowest BCUT2D eigenvalue weighted by Crippen LogP contribution is -2.37. The maximum atomic E-state index is 11.6. The van der Waals surface area contributed by atoms with E-state index in [0.717, 1.165) is 24.9 Å². The minimum Gasteiger partial charge on any atom is -0.356 e. The molecule has 0 aliphatic carbocycles. The Hall–Kier alpha value is -0.730. The SMILES string of the molecule is O=C1NCCCC1Cc1cccc(Cl)c1Cl. The number of amides is 1. The number of piperidine rings is 1. The fourth-order valence-electron chi connectivity index (χ4n) is 2.00. The molecule has 0 radical (unpaired) electrons. The van der Waals surface area contributed by atoms with Crippen molar-refractivity contribution in [2.45, 2.75) is 19.3 Å². The Morgan fingerprint density at radius 3 is 2.94 bits per heavy atom. The van der Waals surface area contributed by atoms with Crippen molar-refractivity contribution >= 4 is 29.1 Å². The molecule has 0 bridgehead atoms. The fourth-order valence-corrected chi connectivity index (χ4v) is 2.40. The molecule has 1 aromatic carbocycles. The molecule has 2 rings (SSSR count). The second-order valence-corrected chi connectivity index (χ2v) is 4.83. The van der Waals surface area contributed by atoms with E-state index in [0.29, 0.717) is 16.5 Å².